The van der Waals surface area contributed by atoms with Crippen LogP contribution in [0.2, 0.25) is 0 Å². The van der Waals surface area contributed by atoms with Crippen LogP contribution >= 0.6 is 0 Å². The highest BCUT2D eigenvalue weighted by atomic mass is 35.5. The summed E-state index contributed by atoms with van der Waals surface area (Å²) >= 11 is 0. The fourth-order valence-electron chi connectivity index (χ4n) is 3.39. The number of hydrogen-bond donors (Lipinski definition) is 4. The Morgan fingerprint density at radius 2 is 2.00 bits per heavy atom. The van der Waals surface area contributed by atoms with E-state index in [4.69, 9.17) is 4.74 Å². The number of aliphatic hydroxyl groups excluding tert-OH is 4. The van der Waals surface area contributed by atoms with Gasteiger partial charge >= 0.3 is 0 Å². The Morgan fingerprint density at radius 1 is 1.28 bits per heavy atom. The molecule has 0 spiro atoms. The van der Waals surface area contributed by atoms with Crippen molar-refractivity contribution in [3.8, 4) is 0 Å². The summed E-state index contributed by atoms with van der Waals surface area (Å²) in [5.74, 6) is 0.0863. The SMILES string of the molecule is CN1C(=O)CCC1c1ccc[n+]([C@@H]2OC(CO)[C@@H](O)[C@H](O)C2O)c1.[Cl-]. The third kappa shape index (κ3) is 3.64. The van der Waals surface area contributed by atoms with Gasteiger partial charge in [-0.05, 0) is 12.5 Å². The van der Waals surface area contributed by atoms with Crippen LogP contribution in [0.1, 0.15) is 30.7 Å². The molecule has 3 unspecified atom stereocenters. The number of pyridine rings is 1. The van der Waals surface area contributed by atoms with E-state index in [9.17, 15) is 25.2 Å². The molecule has 2 aliphatic rings. The van der Waals surface area contributed by atoms with E-state index in [2.05, 4.69) is 0 Å². The zero-order chi connectivity index (χ0) is 17.4. The van der Waals surface area contributed by atoms with Crippen molar-refractivity contribution in [2.24, 2.45) is 0 Å². The standard InChI is InChI=1S/C16H23N2O6.ClH/c1-17-10(4-5-12(17)20)9-3-2-6-18(7-9)16-15(23)14(22)13(21)11(8-19)24-16;/h2-3,6-7,10-11,13-16,19,21-23H,4-5,8H2,1H3;1H/q+1;/p-1/t10?,11?,13-,14+,15?,16-;/m1./s1. The Labute approximate surface area is 151 Å². The normalized spacial score (nSPS) is 35.6. The molecular formula is C16H23ClN2O6. The summed E-state index contributed by atoms with van der Waals surface area (Å²) in [5, 5.41) is 39.3. The number of ether oxygens (including phenoxy) is 1. The lowest BCUT2D eigenvalue weighted by molar-refractivity contribution is -0.778. The van der Waals surface area contributed by atoms with Crippen LogP contribution in [-0.4, -0.2) is 69.3 Å². The first-order valence-electron chi connectivity index (χ1n) is 8.01. The van der Waals surface area contributed by atoms with E-state index >= 15 is 0 Å². The molecule has 0 radical (unpaired) electrons. The summed E-state index contributed by atoms with van der Waals surface area (Å²) in [6, 6.07) is 3.61. The summed E-state index contributed by atoms with van der Waals surface area (Å²) in [5.41, 5.74) is 0.891. The second kappa shape index (κ2) is 7.94. The van der Waals surface area contributed by atoms with Gasteiger partial charge in [0.05, 0.1) is 12.6 Å². The largest absolute Gasteiger partial charge is 1.00 e. The van der Waals surface area contributed by atoms with Crippen molar-refractivity contribution in [2.75, 3.05) is 13.7 Å². The highest BCUT2D eigenvalue weighted by molar-refractivity contribution is 5.78. The van der Waals surface area contributed by atoms with Gasteiger partial charge in [-0.2, -0.15) is 4.57 Å². The van der Waals surface area contributed by atoms with Crippen molar-refractivity contribution in [2.45, 2.75) is 49.5 Å². The van der Waals surface area contributed by atoms with E-state index in [0.29, 0.717) is 12.8 Å². The van der Waals surface area contributed by atoms with Crippen LogP contribution in [0.5, 0.6) is 0 Å². The minimum Gasteiger partial charge on any atom is -1.00 e. The number of carbonyl (C=O) groups excluding carboxylic acids is 1. The van der Waals surface area contributed by atoms with Gasteiger partial charge in [0, 0.05) is 25.1 Å². The van der Waals surface area contributed by atoms with Gasteiger partial charge in [0.2, 0.25) is 5.91 Å². The monoisotopic (exact) mass is 374 g/mol. The minimum atomic E-state index is -1.42. The lowest BCUT2D eigenvalue weighted by Gasteiger charge is -2.36. The fourth-order valence-corrected chi connectivity index (χ4v) is 3.39. The molecule has 2 aliphatic heterocycles. The number of halogens is 1. The average molecular weight is 375 g/mol. The predicted octanol–water partition coefficient (Wildman–Crippen LogP) is -4.76. The molecule has 4 N–H and O–H groups in total. The minimum absolute atomic E-state index is 0. The molecular weight excluding hydrogens is 352 g/mol. The maximum atomic E-state index is 11.7. The van der Waals surface area contributed by atoms with Crippen molar-refractivity contribution in [1.82, 2.24) is 4.90 Å². The van der Waals surface area contributed by atoms with Crippen LogP contribution < -0.4 is 17.0 Å². The number of aliphatic hydroxyl groups is 4. The topological polar surface area (TPSA) is 114 Å². The van der Waals surface area contributed by atoms with Crippen molar-refractivity contribution in [3.63, 3.8) is 0 Å². The van der Waals surface area contributed by atoms with E-state index in [1.165, 1.54) is 0 Å². The van der Waals surface area contributed by atoms with Gasteiger partial charge in [0.15, 0.2) is 18.5 Å². The van der Waals surface area contributed by atoms with E-state index in [1.54, 1.807) is 35.0 Å². The summed E-state index contributed by atoms with van der Waals surface area (Å²) in [6.07, 6.45) is -1.41. The number of nitrogens with zero attached hydrogens (tertiary/aromatic N) is 2. The number of carbonyl (C=O) groups is 1. The van der Waals surface area contributed by atoms with E-state index in [0.717, 1.165) is 5.56 Å². The molecule has 9 heteroatoms. The van der Waals surface area contributed by atoms with Crippen molar-refractivity contribution < 1.29 is 46.9 Å². The molecule has 1 aromatic heterocycles. The Kier molecular flexibility index (Phi) is 6.36. The molecule has 3 heterocycles. The molecule has 0 aromatic carbocycles. The summed E-state index contributed by atoms with van der Waals surface area (Å²) < 4.78 is 7.15. The first kappa shape index (κ1) is 20.0. The number of rotatable bonds is 3. The number of amides is 1. The molecule has 0 bridgehead atoms. The Hall–Kier alpha value is -1.29. The van der Waals surface area contributed by atoms with E-state index in [1.807, 2.05) is 6.07 Å². The average Bonchev–Trinajstić information content (AvgIpc) is 2.92. The number of hydrogen-bond acceptors (Lipinski definition) is 6. The maximum absolute atomic E-state index is 11.7. The van der Waals surface area contributed by atoms with Crippen LogP contribution in [0.25, 0.3) is 0 Å². The highest BCUT2D eigenvalue weighted by Crippen LogP contribution is 2.31. The molecule has 140 valence electrons. The van der Waals surface area contributed by atoms with Gasteiger partial charge in [-0.1, -0.05) is 0 Å². The first-order chi connectivity index (χ1) is 11.4. The molecule has 2 saturated heterocycles. The Morgan fingerprint density at radius 3 is 2.60 bits per heavy atom. The van der Waals surface area contributed by atoms with Gasteiger partial charge < -0.3 is 42.5 Å². The summed E-state index contributed by atoms with van der Waals surface area (Å²) in [7, 11) is 1.76. The van der Waals surface area contributed by atoms with Gasteiger partial charge in [-0.15, -0.1) is 0 Å². The zero-order valence-corrected chi connectivity index (χ0v) is 14.5. The van der Waals surface area contributed by atoms with Crippen LogP contribution in [0, 0.1) is 0 Å². The van der Waals surface area contributed by atoms with Crippen LogP contribution in [0.15, 0.2) is 24.5 Å². The second-order valence-corrected chi connectivity index (χ2v) is 6.36. The Bertz CT molecular complexity index is 616. The second-order valence-electron chi connectivity index (χ2n) is 6.36. The number of aromatic nitrogens is 1. The molecule has 0 saturated carbocycles. The highest BCUT2D eigenvalue weighted by Gasteiger charge is 2.48. The number of likely N-dealkylation sites (tertiary alicyclic amines) is 1. The molecule has 2 fully saturated rings. The van der Waals surface area contributed by atoms with Crippen molar-refractivity contribution in [3.05, 3.63) is 30.1 Å². The smallest absolute Gasteiger partial charge is 0.292 e. The molecule has 6 atom stereocenters. The lowest BCUT2D eigenvalue weighted by Crippen LogP contribution is -3.00. The third-order valence-corrected chi connectivity index (χ3v) is 4.88. The molecule has 25 heavy (non-hydrogen) atoms. The molecule has 1 amide bonds. The Balaban J connectivity index is 0.00000225. The van der Waals surface area contributed by atoms with Crippen LogP contribution in [0.3, 0.4) is 0 Å². The van der Waals surface area contributed by atoms with Gasteiger partial charge in [0.25, 0.3) is 6.23 Å². The summed E-state index contributed by atoms with van der Waals surface area (Å²) in [6.45, 7) is -0.471. The third-order valence-electron chi connectivity index (χ3n) is 4.88. The molecule has 1 aromatic rings. The van der Waals surface area contributed by atoms with Gasteiger partial charge in [-0.25, -0.2) is 0 Å². The van der Waals surface area contributed by atoms with E-state index in [-0.39, 0.29) is 24.4 Å². The fraction of sp³-hybridized carbons (Fsp3) is 0.625. The molecule has 8 nitrogen and oxygen atoms in total. The predicted molar refractivity (Wildman–Crippen MR) is 80.4 cm³/mol. The zero-order valence-electron chi connectivity index (χ0n) is 13.8. The molecule has 3 rings (SSSR count). The van der Waals surface area contributed by atoms with Crippen molar-refractivity contribution in [1.29, 1.82) is 0 Å². The van der Waals surface area contributed by atoms with Crippen LogP contribution in [0.4, 0.5) is 0 Å². The maximum Gasteiger partial charge on any atom is 0.292 e. The first-order valence-corrected chi connectivity index (χ1v) is 8.01. The van der Waals surface area contributed by atoms with Gasteiger partial charge in [0.1, 0.15) is 18.3 Å². The summed E-state index contributed by atoms with van der Waals surface area (Å²) in [4.78, 5) is 13.4. The van der Waals surface area contributed by atoms with E-state index < -0.39 is 37.3 Å². The van der Waals surface area contributed by atoms with Crippen molar-refractivity contribution >= 4 is 5.91 Å². The lowest BCUT2D eigenvalue weighted by atomic mass is 9.98. The van der Waals surface area contributed by atoms with Gasteiger partial charge in [-0.3, -0.25) is 4.79 Å². The quantitative estimate of drug-likeness (QED) is 0.395. The van der Waals surface area contributed by atoms with Crippen LogP contribution in [-0.2, 0) is 9.53 Å². The molecule has 0 aliphatic carbocycles.